The van der Waals surface area contributed by atoms with Crippen molar-refractivity contribution in [3.63, 3.8) is 0 Å². The summed E-state index contributed by atoms with van der Waals surface area (Å²) >= 11 is 0. The molecule has 1 rings (SSSR count). The maximum atomic E-state index is 11.7. The van der Waals surface area contributed by atoms with Gasteiger partial charge in [-0.05, 0) is 12.5 Å². The number of nitrogens with zero attached hydrogens (tertiary/aromatic N) is 2. The Kier molecular flexibility index (Phi) is 5.76. The third-order valence-corrected chi connectivity index (χ3v) is 2.61. The third kappa shape index (κ3) is 4.11. The van der Waals surface area contributed by atoms with Crippen molar-refractivity contribution in [1.29, 1.82) is 0 Å². The first-order valence-corrected chi connectivity index (χ1v) is 6.31. The van der Waals surface area contributed by atoms with Crippen LogP contribution in [0.1, 0.15) is 23.7 Å². The SMILES string of the molecule is CCCNC(=O)CN(C)c1ncc(N)cc1C(=O)OC. The minimum atomic E-state index is -0.541. The predicted octanol–water partition coefficient (Wildman–Crippen LogP) is 0.413. The number of nitrogens with one attached hydrogen (secondary N) is 1. The lowest BCUT2D eigenvalue weighted by atomic mass is 10.2. The van der Waals surface area contributed by atoms with Crippen LogP contribution in [-0.4, -0.2) is 44.1 Å². The van der Waals surface area contributed by atoms with Crippen LogP contribution in [0.3, 0.4) is 0 Å². The maximum Gasteiger partial charge on any atom is 0.341 e. The topological polar surface area (TPSA) is 97.5 Å². The first-order valence-electron chi connectivity index (χ1n) is 6.31. The van der Waals surface area contributed by atoms with Gasteiger partial charge in [0.25, 0.3) is 0 Å². The molecule has 1 amide bonds. The van der Waals surface area contributed by atoms with E-state index >= 15 is 0 Å². The molecule has 20 heavy (non-hydrogen) atoms. The van der Waals surface area contributed by atoms with Gasteiger partial charge in [0.2, 0.25) is 5.91 Å². The third-order valence-electron chi connectivity index (χ3n) is 2.61. The molecule has 0 saturated heterocycles. The highest BCUT2D eigenvalue weighted by Gasteiger charge is 2.18. The second kappa shape index (κ2) is 7.32. The molecule has 0 aliphatic rings. The average Bonchev–Trinajstić information content (AvgIpc) is 2.43. The van der Waals surface area contributed by atoms with Crippen LogP contribution in [0.5, 0.6) is 0 Å². The summed E-state index contributed by atoms with van der Waals surface area (Å²) in [6.07, 6.45) is 2.30. The number of nitrogen functional groups attached to an aromatic ring is 1. The predicted molar refractivity (Wildman–Crippen MR) is 76.6 cm³/mol. The number of likely N-dealkylation sites (N-methyl/N-ethyl adjacent to an activating group) is 1. The summed E-state index contributed by atoms with van der Waals surface area (Å²) in [5.74, 6) is -0.317. The molecular weight excluding hydrogens is 260 g/mol. The zero-order valence-corrected chi connectivity index (χ0v) is 12.0. The van der Waals surface area contributed by atoms with Gasteiger partial charge in [0.15, 0.2) is 0 Å². The lowest BCUT2D eigenvalue weighted by Crippen LogP contribution is -2.36. The Bertz CT molecular complexity index is 491. The van der Waals surface area contributed by atoms with Crippen molar-refractivity contribution >= 4 is 23.4 Å². The fraction of sp³-hybridized carbons (Fsp3) is 0.462. The van der Waals surface area contributed by atoms with Crippen LogP contribution >= 0.6 is 0 Å². The highest BCUT2D eigenvalue weighted by atomic mass is 16.5. The van der Waals surface area contributed by atoms with E-state index in [0.29, 0.717) is 18.1 Å². The number of carbonyl (C=O) groups excluding carboxylic acids is 2. The molecule has 0 bridgehead atoms. The van der Waals surface area contributed by atoms with Gasteiger partial charge in [0.1, 0.15) is 11.4 Å². The first-order chi connectivity index (χ1) is 9.49. The largest absolute Gasteiger partial charge is 0.465 e. The molecule has 0 radical (unpaired) electrons. The molecule has 0 unspecified atom stereocenters. The van der Waals surface area contributed by atoms with Crippen LogP contribution in [0.2, 0.25) is 0 Å². The van der Waals surface area contributed by atoms with E-state index in [9.17, 15) is 9.59 Å². The summed E-state index contributed by atoms with van der Waals surface area (Å²) in [6, 6.07) is 1.48. The van der Waals surface area contributed by atoms with E-state index in [4.69, 9.17) is 10.5 Å². The number of hydrogen-bond acceptors (Lipinski definition) is 6. The Morgan fingerprint density at radius 3 is 2.80 bits per heavy atom. The monoisotopic (exact) mass is 280 g/mol. The second-order valence-corrected chi connectivity index (χ2v) is 4.34. The second-order valence-electron chi connectivity index (χ2n) is 4.34. The Labute approximate surface area is 118 Å². The van der Waals surface area contributed by atoms with Crippen molar-refractivity contribution in [2.45, 2.75) is 13.3 Å². The molecule has 0 saturated carbocycles. The summed E-state index contributed by atoms with van der Waals surface area (Å²) < 4.78 is 4.69. The smallest absolute Gasteiger partial charge is 0.341 e. The van der Waals surface area contributed by atoms with Crippen molar-refractivity contribution in [3.05, 3.63) is 17.8 Å². The standard InChI is InChI=1S/C13H20N4O3/c1-4-5-15-11(18)8-17(2)12-10(13(19)20-3)6-9(14)7-16-12/h6-7H,4-5,8,14H2,1-3H3,(H,15,18). The van der Waals surface area contributed by atoms with Crippen molar-refractivity contribution in [3.8, 4) is 0 Å². The number of amides is 1. The number of ether oxygens (including phenoxy) is 1. The van der Waals surface area contributed by atoms with E-state index < -0.39 is 5.97 Å². The first kappa shape index (κ1) is 15.7. The van der Waals surface area contributed by atoms with E-state index in [1.165, 1.54) is 19.4 Å². The molecule has 0 aliphatic heterocycles. The van der Waals surface area contributed by atoms with Crippen LogP contribution < -0.4 is 16.0 Å². The number of methoxy groups -OCH3 is 1. The van der Waals surface area contributed by atoms with Gasteiger partial charge in [-0.1, -0.05) is 6.92 Å². The van der Waals surface area contributed by atoms with Crippen LogP contribution in [0, 0.1) is 0 Å². The number of aromatic nitrogens is 1. The van der Waals surface area contributed by atoms with E-state index in [0.717, 1.165) is 6.42 Å². The van der Waals surface area contributed by atoms with Crippen LogP contribution in [0.4, 0.5) is 11.5 Å². The molecule has 0 aliphatic carbocycles. The van der Waals surface area contributed by atoms with Gasteiger partial charge in [-0.2, -0.15) is 0 Å². The summed E-state index contributed by atoms with van der Waals surface area (Å²) in [5.41, 5.74) is 6.21. The van der Waals surface area contributed by atoms with E-state index in [-0.39, 0.29) is 18.0 Å². The molecule has 0 fully saturated rings. The van der Waals surface area contributed by atoms with Crippen LogP contribution in [0.25, 0.3) is 0 Å². The quantitative estimate of drug-likeness (QED) is 0.733. The van der Waals surface area contributed by atoms with Crippen molar-refractivity contribution in [2.24, 2.45) is 0 Å². The van der Waals surface area contributed by atoms with Gasteiger partial charge in [-0.3, -0.25) is 4.79 Å². The number of esters is 1. The van der Waals surface area contributed by atoms with E-state index in [2.05, 4.69) is 10.3 Å². The van der Waals surface area contributed by atoms with E-state index in [1.54, 1.807) is 11.9 Å². The lowest BCUT2D eigenvalue weighted by molar-refractivity contribution is -0.119. The number of carbonyl (C=O) groups is 2. The number of nitrogens with two attached hydrogens (primary N) is 1. The number of hydrogen-bond donors (Lipinski definition) is 2. The maximum absolute atomic E-state index is 11.7. The molecule has 7 nitrogen and oxygen atoms in total. The fourth-order valence-corrected chi connectivity index (χ4v) is 1.65. The highest BCUT2D eigenvalue weighted by Crippen LogP contribution is 2.19. The molecule has 1 heterocycles. The molecular formula is C13H20N4O3. The summed E-state index contributed by atoms with van der Waals surface area (Å²) in [6.45, 7) is 2.69. The molecule has 3 N–H and O–H groups in total. The van der Waals surface area contributed by atoms with Gasteiger partial charge < -0.3 is 20.7 Å². The van der Waals surface area contributed by atoms with Crippen LogP contribution in [0.15, 0.2) is 12.3 Å². The Morgan fingerprint density at radius 1 is 1.50 bits per heavy atom. The fourth-order valence-electron chi connectivity index (χ4n) is 1.65. The van der Waals surface area contributed by atoms with Crippen molar-refractivity contribution in [2.75, 3.05) is 37.9 Å². The molecule has 7 heteroatoms. The van der Waals surface area contributed by atoms with Crippen molar-refractivity contribution in [1.82, 2.24) is 10.3 Å². The molecule has 0 spiro atoms. The summed E-state index contributed by atoms with van der Waals surface area (Å²) in [4.78, 5) is 29.1. The number of anilines is 2. The van der Waals surface area contributed by atoms with Crippen molar-refractivity contribution < 1.29 is 14.3 Å². The number of rotatable bonds is 6. The summed E-state index contributed by atoms with van der Waals surface area (Å²) in [5, 5.41) is 2.76. The van der Waals surface area contributed by atoms with Crippen LogP contribution in [-0.2, 0) is 9.53 Å². The Balaban J connectivity index is 2.89. The summed E-state index contributed by atoms with van der Waals surface area (Å²) in [7, 11) is 2.96. The zero-order valence-electron chi connectivity index (χ0n) is 12.0. The molecule has 0 aromatic carbocycles. The minimum Gasteiger partial charge on any atom is -0.465 e. The average molecular weight is 280 g/mol. The van der Waals surface area contributed by atoms with Gasteiger partial charge in [-0.25, -0.2) is 9.78 Å². The van der Waals surface area contributed by atoms with Gasteiger partial charge in [-0.15, -0.1) is 0 Å². The molecule has 0 atom stereocenters. The van der Waals surface area contributed by atoms with Gasteiger partial charge >= 0.3 is 5.97 Å². The Hall–Kier alpha value is -2.31. The minimum absolute atomic E-state index is 0.0981. The molecule has 1 aromatic heterocycles. The lowest BCUT2D eigenvalue weighted by Gasteiger charge is -2.20. The van der Waals surface area contributed by atoms with E-state index in [1.807, 2.05) is 6.92 Å². The number of pyridine rings is 1. The zero-order chi connectivity index (χ0) is 15.1. The molecule has 1 aromatic rings. The van der Waals surface area contributed by atoms with Gasteiger partial charge in [0, 0.05) is 13.6 Å². The van der Waals surface area contributed by atoms with Gasteiger partial charge in [0.05, 0.1) is 25.5 Å². The molecule has 110 valence electrons. The Morgan fingerprint density at radius 2 is 2.20 bits per heavy atom. The highest BCUT2D eigenvalue weighted by molar-refractivity contribution is 5.96. The normalized spacial score (nSPS) is 9.95.